The van der Waals surface area contributed by atoms with Crippen molar-refractivity contribution in [1.29, 1.82) is 0 Å². The lowest BCUT2D eigenvalue weighted by molar-refractivity contribution is -0.122. The monoisotopic (exact) mass is 520 g/mol. The maximum Gasteiger partial charge on any atom is 0.337 e. The van der Waals surface area contributed by atoms with Gasteiger partial charge in [0.25, 0.3) is 5.91 Å². The van der Waals surface area contributed by atoms with Crippen LogP contribution in [0.4, 0.5) is 10.1 Å². The standard InChI is InChI=1S/C28H25FN2O5S/c1-4-31-26(32)25(37-28(31)30-22-12-8-20(9-13-22)27(33)35-3)16-19-7-14-23(24(15-19)34-2)36-17-18-5-10-21(29)11-6-18/h5-16H,4,17H2,1-3H3/b25-16+,30-28?. The lowest BCUT2D eigenvalue weighted by Crippen LogP contribution is -2.28. The normalized spacial score (nSPS) is 15.4. The third-order valence-electron chi connectivity index (χ3n) is 5.51. The maximum absolute atomic E-state index is 13.1. The Morgan fingerprint density at radius 2 is 1.76 bits per heavy atom. The average molecular weight is 521 g/mol. The highest BCUT2D eigenvalue weighted by molar-refractivity contribution is 8.18. The number of amidine groups is 1. The summed E-state index contributed by atoms with van der Waals surface area (Å²) in [4.78, 5) is 31.4. The highest BCUT2D eigenvalue weighted by Gasteiger charge is 2.32. The highest BCUT2D eigenvalue weighted by atomic mass is 32.2. The molecule has 0 N–H and O–H groups in total. The number of nitrogens with zero attached hydrogens (tertiary/aromatic N) is 2. The van der Waals surface area contributed by atoms with Gasteiger partial charge in [0.15, 0.2) is 16.7 Å². The van der Waals surface area contributed by atoms with Crippen LogP contribution < -0.4 is 9.47 Å². The molecule has 1 aliphatic rings. The van der Waals surface area contributed by atoms with Crippen LogP contribution in [0, 0.1) is 5.82 Å². The predicted octanol–water partition coefficient (Wildman–Crippen LogP) is 5.82. The lowest BCUT2D eigenvalue weighted by atomic mass is 10.1. The number of amides is 1. The van der Waals surface area contributed by atoms with Gasteiger partial charge in [-0.3, -0.25) is 9.69 Å². The van der Waals surface area contributed by atoms with Crippen molar-refractivity contribution >= 4 is 40.6 Å². The molecule has 1 amide bonds. The summed E-state index contributed by atoms with van der Waals surface area (Å²) < 4.78 is 29.2. The number of ether oxygens (including phenoxy) is 3. The van der Waals surface area contributed by atoms with E-state index >= 15 is 0 Å². The fourth-order valence-electron chi connectivity index (χ4n) is 3.56. The van der Waals surface area contributed by atoms with Crippen molar-refractivity contribution in [1.82, 2.24) is 4.90 Å². The number of carbonyl (C=O) groups is 2. The number of carbonyl (C=O) groups excluding carboxylic acids is 2. The van der Waals surface area contributed by atoms with Crippen molar-refractivity contribution in [3.8, 4) is 11.5 Å². The van der Waals surface area contributed by atoms with Gasteiger partial charge in [-0.05, 0) is 84.4 Å². The van der Waals surface area contributed by atoms with Gasteiger partial charge in [0.1, 0.15) is 12.4 Å². The van der Waals surface area contributed by atoms with Gasteiger partial charge in [0.2, 0.25) is 0 Å². The Morgan fingerprint density at radius 3 is 2.41 bits per heavy atom. The molecule has 0 saturated carbocycles. The Bertz CT molecular complexity index is 1350. The zero-order valence-electron chi connectivity index (χ0n) is 20.6. The molecule has 0 atom stereocenters. The van der Waals surface area contributed by atoms with Crippen LogP contribution in [0.15, 0.2) is 76.6 Å². The number of esters is 1. The summed E-state index contributed by atoms with van der Waals surface area (Å²) in [5, 5.41) is 0.552. The summed E-state index contributed by atoms with van der Waals surface area (Å²) in [7, 11) is 2.87. The summed E-state index contributed by atoms with van der Waals surface area (Å²) in [5.41, 5.74) is 2.64. The Balaban J connectivity index is 1.52. The molecule has 0 spiro atoms. The third kappa shape index (κ3) is 6.18. The molecule has 3 aromatic carbocycles. The molecule has 190 valence electrons. The lowest BCUT2D eigenvalue weighted by Gasteiger charge is -2.12. The van der Waals surface area contributed by atoms with Crippen LogP contribution >= 0.6 is 11.8 Å². The first-order valence-electron chi connectivity index (χ1n) is 11.5. The number of rotatable bonds is 8. The molecule has 1 heterocycles. The second-order valence-electron chi connectivity index (χ2n) is 7.92. The van der Waals surface area contributed by atoms with Crippen LogP contribution in [-0.4, -0.2) is 42.7 Å². The molecule has 0 bridgehead atoms. The van der Waals surface area contributed by atoms with Crippen molar-refractivity contribution in [2.75, 3.05) is 20.8 Å². The zero-order chi connectivity index (χ0) is 26.4. The summed E-state index contributed by atoms with van der Waals surface area (Å²) in [5.74, 6) is 0.177. The molecule has 0 unspecified atom stereocenters. The molecule has 7 nitrogen and oxygen atoms in total. The molecule has 0 aliphatic carbocycles. The number of methoxy groups -OCH3 is 2. The van der Waals surface area contributed by atoms with Crippen LogP contribution in [0.2, 0.25) is 0 Å². The molecule has 1 saturated heterocycles. The van der Waals surface area contributed by atoms with Gasteiger partial charge in [0.05, 0.1) is 30.4 Å². The molecule has 37 heavy (non-hydrogen) atoms. The SMILES string of the molecule is CCN1C(=O)/C(=C\c2ccc(OCc3ccc(F)cc3)c(OC)c2)SC1=Nc1ccc(C(=O)OC)cc1. The fourth-order valence-corrected chi connectivity index (χ4v) is 4.62. The number of aliphatic imine (C=N–C) groups is 1. The van der Waals surface area contributed by atoms with E-state index in [9.17, 15) is 14.0 Å². The second-order valence-corrected chi connectivity index (χ2v) is 8.93. The van der Waals surface area contributed by atoms with Gasteiger partial charge in [-0.25, -0.2) is 14.2 Å². The molecule has 0 aromatic heterocycles. The van der Waals surface area contributed by atoms with Gasteiger partial charge in [-0.1, -0.05) is 18.2 Å². The van der Waals surface area contributed by atoms with E-state index in [1.807, 2.05) is 13.0 Å². The predicted molar refractivity (Wildman–Crippen MR) is 142 cm³/mol. The van der Waals surface area contributed by atoms with Gasteiger partial charge in [-0.15, -0.1) is 0 Å². The molecule has 1 aliphatic heterocycles. The number of benzene rings is 3. The van der Waals surface area contributed by atoms with Crippen LogP contribution in [0.3, 0.4) is 0 Å². The molecule has 3 aromatic rings. The van der Waals surface area contributed by atoms with Gasteiger partial charge >= 0.3 is 5.97 Å². The first kappa shape index (κ1) is 26.0. The second kappa shape index (κ2) is 11.7. The first-order chi connectivity index (χ1) is 17.9. The van der Waals surface area contributed by atoms with Crippen molar-refractivity contribution in [3.05, 3.63) is 94.1 Å². The summed E-state index contributed by atoms with van der Waals surface area (Å²) in [6.07, 6.45) is 1.78. The Morgan fingerprint density at radius 1 is 1.03 bits per heavy atom. The van der Waals surface area contributed by atoms with Crippen molar-refractivity contribution in [2.45, 2.75) is 13.5 Å². The minimum absolute atomic E-state index is 0.145. The fraction of sp³-hybridized carbons (Fsp3) is 0.179. The smallest absolute Gasteiger partial charge is 0.337 e. The van der Waals surface area contributed by atoms with Crippen molar-refractivity contribution in [3.63, 3.8) is 0 Å². The maximum atomic E-state index is 13.1. The molecule has 0 radical (unpaired) electrons. The third-order valence-corrected chi connectivity index (χ3v) is 6.52. The Hall–Kier alpha value is -4.11. The first-order valence-corrected chi connectivity index (χ1v) is 12.3. The van der Waals surface area contributed by atoms with E-state index in [0.29, 0.717) is 39.4 Å². The minimum Gasteiger partial charge on any atom is -0.493 e. The Kier molecular flexibility index (Phi) is 8.25. The molecular formula is C28H25FN2O5S. The largest absolute Gasteiger partial charge is 0.493 e. The quantitative estimate of drug-likeness (QED) is 0.275. The molecular weight excluding hydrogens is 495 g/mol. The van der Waals surface area contributed by atoms with Gasteiger partial charge < -0.3 is 14.2 Å². The average Bonchev–Trinajstić information content (AvgIpc) is 3.21. The topological polar surface area (TPSA) is 77.4 Å². The zero-order valence-corrected chi connectivity index (χ0v) is 21.4. The van der Waals surface area contributed by atoms with Crippen LogP contribution in [-0.2, 0) is 16.1 Å². The highest BCUT2D eigenvalue weighted by Crippen LogP contribution is 2.36. The van der Waals surface area contributed by atoms with E-state index < -0.39 is 5.97 Å². The van der Waals surface area contributed by atoms with E-state index in [1.165, 1.54) is 31.0 Å². The van der Waals surface area contributed by atoms with E-state index in [2.05, 4.69) is 4.99 Å². The molecule has 1 fully saturated rings. The van der Waals surface area contributed by atoms with Crippen LogP contribution in [0.25, 0.3) is 6.08 Å². The van der Waals surface area contributed by atoms with Gasteiger partial charge in [0, 0.05) is 6.54 Å². The van der Waals surface area contributed by atoms with E-state index in [1.54, 1.807) is 66.6 Å². The minimum atomic E-state index is -0.424. The van der Waals surface area contributed by atoms with E-state index in [-0.39, 0.29) is 18.3 Å². The number of hydrogen-bond donors (Lipinski definition) is 0. The number of halogens is 1. The summed E-state index contributed by atoms with van der Waals surface area (Å²) in [6.45, 7) is 2.60. The summed E-state index contributed by atoms with van der Waals surface area (Å²) >= 11 is 1.28. The summed E-state index contributed by atoms with van der Waals surface area (Å²) in [6, 6.07) is 18.2. The van der Waals surface area contributed by atoms with Crippen LogP contribution in [0.5, 0.6) is 11.5 Å². The van der Waals surface area contributed by atoms with Crippen molar-refractivity contribution in [2.24, 2.45) is 4.99 Å². The number of thioether (sulfide) groups is 1. The van der Waals surface area contributed by atoms with E-state index in [4.69, 9.17) is 14.2 Å². The van der Waals surface area contributed by atoms with E-state index in [0.717, 1.165) is 11.1 Å². The number of likely N-dealkylation sites (N-methyl/N-ethyl adjacent to an activating group) is 1. The van der Waals surface area contributed by atoms with Crippen LogP contribution in [0.1, 0.15) is 28.4 Å². The van der Waals surface area contributed by atoms with Gasteiger partial charge in [-0.2, -0.15) is 0 Å². The van der Waals surface area contributed by atoms with Crippen molar-refractivity contribution < 1.29 is 28.2 Å². The molecule has 4 rings (SSSR count). The Labute approximate surface area is 218 Å². The molecule has 9 heteroatoms. The number of hydrogen-bond acceptors (Lipinski definition) is 7.